The van der Waals surface area contributed by atoms with E-state index in [1.807, 2.05) is 0 Å². The summed E-state index contributed by atoms with van der Waals surface area (Å²) in [6.07, 6.45) is 1.84. The predicted molar refractivity (Wildman–Crippen MR) is 122 cm³/mol. The van der Waals surface area contributed by atoms with Crippen LogP contribution in [0.15, 0.2) is 66.7 Å². The zero-order valence-corrected chi connectivity index (χ0v) is 17.6. The van der Waals surface area contributed by atoms with Crippen LogP contribution in [0.5, 0.6) is 0 Å². The van der Waals surface area contributed by atoms with Crippen molar-refractivity contribution in [1.29, 1.82) is 0 Å². The van der Waals surface area contributed by atoms with Crippen LogP contribution in [0.4, 0.5) is 21.5 Å². The van der Waals surface area contributed by atoms with Crippen molar-refractivity contribution in [3.8, 4) is 0 Å². The highest BCUT2D eigenvalue weighted by atomic mass is 35.5. The topological polar surface area (TPSA) is 87.3 Å². The van der Waals surface area contributed by atoms with Crippen molar-refractivity contribution in [2.45, 2.75) is 12.8 Å². The highest BCUT2D eigenvalue weighted by molar-refractivity contribution is 6.31. The van der Waals surface area contributed by atoms with Gasteiger partial charge in [0.15, 0.2) is 0 Å². The summed E-state index contributed by atoms with van der Waals surface area (Å²) >= 11 is 6.05. The molecule has 3 aromatic carbocycles. The van der Waals surface area contributed by atoms with Gasteiger partial charge in [-0.3, -0.25) is 14.4 Å². The molecule has 32 heavy (non-hydrogen) atoms. The standard InChI is InChI=1S/C24H19ClFN3O3/c25-16-5-12-20(21(13-16)29-23(31)15-3-6-17(26)7-4-15)24(32)28-19-10-8-18(9-11-19)27-22(30)14-1-2-14/h3-14H,1-2H2,(H,27,30)(H,28,32)(H,29,31). The van der Waals surface area contributed by atoms with Gasteiger partial charge >= 0.3 is 0 Å². The molecule has 1 aliphatic rings. The number of hydrogen-bond acceptors (Lipinski definition) is 3. The molecule has 1 aliphatic carbocycles. The number of rotatable bonds is 6. The SMILES string of the molecule is O=C(Nc1cc(Cl)ccc1C(=O)Nc1ccc(NC(=O)C2CC2)cc1)c1ccc(F)cc1. The van der Waals surface area contributed by atoms with Crippen LogP contribution in [0.2, 0.25) is 5.02 Å². The maximum atomic E-state index is 13.1. The van der Waals surface area contributed by atoms with E-state index in [2.05, 4.69) is 16.0 Å². The Balaban J connectivity index is 1.46. The maximum absolute atomic E-state index is 13.1. The first kappa shape index (κ1) is 21.5. The number of anilines is 3. The zero-order valence-electron chi connectivity index (χ0n) is 16.8. The van der Waals surface area contributed by atoms with Crippen LogP contribution in [0.3, 0.4) is 0 Å². The molecule has 0 bridgehead atoms. The molecule has 0 saturated heterocycles. The van der Waals surface area contributed by atoms with Gasteiger partial charge in [0.25, 0.3) is 11.8 Å². The second-order valence-corrected chi connectivity index (χ2v) is 7.88. The number of hydrogen-bond donors (Lipinski definition) is 3. The van der Waals surface area contributed by atoms with Gasteiger partial charge < -0.3 is 16.0 Å². The summed E-state index contributed by atoms with van der Waals surface area (Å²) in [7, 11) is 0. The molecule has 6 nitrogen and oxygen atoms in total. The van der Waals surface area contributed by atoms with E-state index >= 15 is 0 Å². The van der Waals surface area contributed by atoms with Crippen molar-refractivity contribution >= 4 is 46.4 Å². The van der Waals surface area contributed by atoms with Gasteiger partial charge in [0.2, 0.25) is 5.91 Å². The Hall–Kier alpha value is -3.71. The first-order chi connectivity index (χ1) is 15.4. The second-order valence-electron chi connectivity index (χ2n) is 7.45. The van der Waals surface area contributed by atoms with Gasteiger partial charge in [-0.05, 0) is 79.6 Å². The highest BCUT2D eigenvalue weighted by Crippen LogP contribution is 2.30. The fraction of sp³-hybridized carbons (Fsp3) is 0.125. The number of carbonyl (C=O) groups is 3. The van der Waals surface area contributed by atoms with Crippen LogP contribution in [0.1, 0.15) is 33.6 Å². The summed E-state index contributed by atoms with van der Waals surface area (Å²) < 4.78 is 13.1. The number of halogens is 2. The van der Waals surface area contributed by atoms with Gasteiger partial charge in [-0.2, -0.15) is 0 Å². The van der Waals surface area contributed by atoms with Crippen molar-refractivity contribution in [1.82, 2.24) is 0 Å². The minimum Gasteiger partial charge on any atom is -0.326 e. The Morgan fingerprint density at radius 2 is 1.41 bits per heavy atom. The molecule has 0 aromatic heterocycles. The quantitative estimate of drug-likeness (QED) is 0.473. The van der Waals surface area contributed by atoms with Crippen LogP contribution < -0.4 is 16.0 Å². The Kier molecular flexibility index (Phi) is 6.18. The Morgan fingerprint density at radius 1 is 0.781 bits per heavy atom. The maximum Gasteiger partial charge on any atom is 0.257 e. The highest BCUT2D eigenvalue weighted by Gasteiger charge is 2.29. The lowest BCUT2D eigenvalue weighted by Gasteiger charge is -2.13. The van der Waals surface area contributed by atoms with E-state index in [1.165, 1.54) is 36.4 Å². The van der Waals surface area contributed by atoms with Crippen molar-refractivity contribution in [2.75, 3.05) is 16.0 Å². The fourth-order valence-corrected chi connectivity index (χ4v) is 3.21. The Morgan fingerprint density at radius 3 is 2.03 bits per heavy atom. The number of carbonyl (C=O) groups excluding carboxylic acids is 3. The molecule has 3 amide bonds. The van der Waals surface area contributed by atoms with E-state index in [0.29, 0.717) is 16.4 Å². The number of amides is 3. The van der Waals surface area contributed by atoms with E-state index in [-0.39, 0.29) is 28.6 Å². The molecule has 3 N–H and O–H groups in total. The van der Waals surface area contributed by atoms with E-state index in [0.717, 1.165) is 12.8 Å². The van der Waals surface area contributed by atoms with Gasteiger partial charge in [0.1, 0.15) is 5.82 Å². The van der Waals surface area contributed by atoms with Crippen molar-refractivity contribution in [3.05, 3.63) is 88.7 Å². The Bertz CT molecular complexity index is 1180. The van der Waals surface area contributed by atoms with Crippen molar-refractivity contribution < 1.29 is 18.8 Å². The lowest BCUT2D eigenvalue weighted by molar-refractivity contribution is -0.117. The van der Waals surface area contributed by atoms with Gasteiger partial charge in [0, 0.05) is 27.9 Å². The summed E-state index contributed by atoms with van der Waals surface area (Å²) in [4.78, 5) is 37.2. The molecule has 0 aliphatic heterocycles. The van der Waals surface area contributed by atoms with Crippen LogP contribution in [0.25, 0.3) is 0 Å². The summed E-state index contributed by atoms with van der Waals surface area (Å²) in [6, 6.07) is 16.3. The molecule has 0 radical (unpaired) electrons. The average molecular weight is 452 g/mol. The minimum absolute atomic E-state index is 0.00416. The van der Waals surface area contributed by atoms with Crippen molar-refractivity contribution in [2.24, 2.45) is 5.92 Å². The molecule has 162 valence electrons. The molecule has 0 atom stereocenters. The third-order valence-corrected chi connectivity index (χ3v) is 5.17. The number of benzene rings is 3. The van der Waals surface area contributed by atoms with Crippen LogP contribution in [-0.2, 0) is 4.79 Å². The van der Waals surface area contributed by atoms with Crippen LogP contribution in [0, 0.1) is 11.7 Å². The average Bonchev–Trinajstić information content (AvgIpc) is 3.61. The summed E-state index contributed by atoms with van der Waals surface area (Å²) in [5, 5.41) is 8.58. The van der Waals surface area contributed by atoms with Crippen LogP contribution >= 0.6 is 11.6 Å². The third kappa shape index (κ3) is 5.31. The van der Waals surface area contributed by atoms with E-state index in [9.17, 15) is 18.8 Å². The van der Waals surface area contributed by atoms with E-state index in [4.69, 9.17) is 11.6 Å². The lowest BCUT2D eigenvalue weighted by Crippen LogP contribution is -2.18. The second kappa shape index (κ2) is 9.20. The summed E-state index contributed by atoms with van der Waals surface area (Å²) in [5.41, 5.74) is 1.83. The van der Waals surface area contributed by atoms with E-state index in [1.54, 1.807) is 30.3 Å². The van der Waals surface area contributed by atoms with E-state index < -0.39 is 17.6 Å². The molecular weight excluding hydrogens is 433 g/mol. The fourth-order valence-electron chi connectivity index (χ4n) is 3.04. The van der Waals surface area contributed by atoms with Gasteiger partial charge in [0.05, 0.1) is 11.3 Å². The first-order valence-corrected chi connectivity index (χ1v) is 10.4. The number of nitrogens with one attached hydrogen (secondary N) is 3. The van der Waals surface area contributed by atoms with Gasteiger partial charge in [-0.1, -0.05) is 11.6 Å². The third-order valence-electron chi connectivity index (χ3n) is 4.94. The molecular formula is C24H19ClFN3O3. The van der Waals surface area contributed by atoms with Crippen molar-refractivity contribution in [3.63, 3.8) is 0 Å². The lowest BCUT2D eigenvalue weighted by atomic mass is 10.1. The van der Waals surface area contributed by atoms with Gasteiger partial charge in [-0.15, -0.1) is 0 Å². The Labute approximate surface area is 188 Å². The predicted octanol–water partition coefficient (Wildman–Crippen LogP) is 5.33. The summed E-state index contributed by atoms with van der Waals surface area (Å²) in [6.45, 7) is 0. The summed E-state index contributed by atoms with van der Waals surface area (Å²) in [5.74, 6) is -1.31. The van der Waals surface area contributed by atoms with Gasteiger partial charge in [-0.25, -0.2) is 4.39 Å². The molecule has 1 saturated carbocycles. The molecule has 3 aromatic rings. The first-order valence-electron chi connectivity index (χ1n) is 9.98. The molecule has 1 fully saturated rings. The minimum atomic E-state index is -0.503. The molecule has 8 heteroatoms. The molecule has 0 unspecified atom stereocenters. The molecule has 4 rings (SSSR count). The monoisotopic (exact) mass is 451 g/mol. The molecule has 0 heterocycles. The smallest absolute Gasteiger partial charge is 0.257 e. The molecule has 0 spiro atoms. The largest absolute Gasteiger partial charge is 0.326 e. The van der Waals surface area contributed by atoms with Crippen LogP contribution in [-0.4, -0.2) is 17.7 Å². The zero-order chi connectivity index (χ0) is 22.7. The normalized spacial score (nSPS) is 12.7.